The number of carboxylic acids is 1. The first-order valence-electron chi connectivity index (χ1n) is 4.71. The molecular weight excluding hydrogens is 359 g/mol. The van der Waals surface area contributed by atoms with Gasteiger partial charge in [-0.1, -0.05) is 11.6 Å². The van der Waals surface area contributed by atoms with Gasteiger partial charge in [-0.3, -0.25) is 4.79 Å². The number of ether oxygens (including phenoxy) is 1. The molecule has 0 aliphatic heterocycles. The summed E-state index contributed by atoms with van der Waals surface area (Å²) in [6.07, 6.45) is -8.83. The van der Waals surface area contributed by atoms with Crippen LogP contribution in [0, 0.1) is 5.82 Å². The smallest absolute Gasteiger partial charge is 0.426 e. The van der Waals surface area contributed by atoms with Crippen LogP contribution in [0.25, 0.3) is 0 Å². The molecule has 0 aliphatic carbocycles. The Bertz CT molecular complexity index is 492. The number of rotatable bonds is 4. The molecule has 1 aromatic carbocycles. The SMILES string of the molecule is O=C(O)CC(Oc1cc(F)c(Br)cc1Cl)C(F)(F)F. The lowest BCUT2D eigenvalue weighted by atomic mass is 10.2. The van der Waals surface area contributed by atoms with Crippen LogP contribution in [0.1, 0.15) is 6.42 Å². The van der Waals surface area contributed by atoms with Crippen LogP contribution in [-0.4, -0.2) is 23.4 Å². The third-order valence-electron chi connectivity index (χ3n) is 1.97. The Morgan fingerprint density at radius 3 is 2.53 bits per heavy atom. The van der Waals surface area contributed by atoms with Gasteiger partial charge < -0.3 is 9.84 Å². The summed E-state index contributed by atoms with van der Waals surface area (Å²) in [7, 11) is 0. The number of carbonyl (C=O) groups is 1. The number of halogens is 6. The van der Waals surface area contributed by atoms with Crippen molar-refractivity contribution in [3.63, 3.8) is 0 Å². The Labute approximate surface area is 118 Å². The number of aliphatic carboxylic acids is 1. The molecule has 0 heterocycles. The summed E-state index contributed by atoms with van der Waals surface area (Å²) >= 11 is 8.39. The quantitative estimate of drug-likeness (QED) is 0.647. The second-order valence-electron chi connectivity index (χ2n) is 3.44. The standard InChI is InChI=1S/C10H6BrClF4O3/c11-4-1-5(12)7(2-6(4)13)19-8(3-9(17)18)10(14,15)16/h1-2,8H,3H2,(H,17,18). The van der Waals surface area contributed by atoms with Gasteiger partial charge in [0.15, 0.2) is 0 Å². The minimum absolute atomic E-state index is 0.0494. The maximum absolute atomic E-state index is 13.2. The van der Waals surface area contributed by atoms with Crippen molar-refractivity contribution in [2.45, 2.75) is 18.7 Å². The van der Waals surface area contributed by atoms with Crippen LogP contribution in [0.2, 0.25) is 5.02 Å². The summed E-state index contributed by atoms with van der Waals surface area (Å²) in [5.41, 5.74) is 0. The summed E-state index contributed by atoms with van der Waals surface area (Å²) in [4.78, 5) is 10.4. The van der Waals surface area contributed by atoms with E-state index in [2.05, 4.69) is 20.7 Å². The van der Waals surface area contributed by atoms with E-state index in [0.717, 1.165) is 6.07 Å². The predicted octanol–water partition coefficient (Wildman–Crippen LogP) is 4.03. The topological polar surface area (TPSA) is 46.5 Å². The molecule has 9 heteroatoms. The van der Waals surface area contributed by atoms with Crippen molar-refractivity contribution < 1.29 is 32.2 Å². The van der Waals surface area contributed by atoms with Crippen LogP contribution in [0.15, 0.2) is 16.6 Å². The number of benzene rings is 1. The van der Waals surface area contributed by atoms with Crippen LogP contribution in [0.5, 0.6) is 5.75 Å². The van der Waals surface area contributed by atoms with E-state index in [4.69, 9.17) is 16.7 Å². The maximum Gasteiger partial charge on any atom is 0.426 e. The summed E-state index contributed by atoms with van der Waals surface area (Å²) in [5, 5.41) is 8.13. The van der Waals surface area contributed by atoms with Crippen molar-refractivity contribution in [1.82, 2.24) is 0 Å². The van der Waals surface area contributed by atoms with Crippen molar-refractivity contribution in [2.24, 2.45) is 0 Å². The van der Waals surface area contributed by atoms with Crippen molar-refractivity contribution >= 4 is 33.5 Å². The van der Waals surface area contributed by atoms with E-state index >= 15 is 0 Å². The molecule has 0 aromatic heterocycles. The van der Waals surface area contributed by atoms with E-state index in [1.165, 1.54) is 0 Å². The lowest BCUT2D eigenvalue weighted by Gasteiger charge is -2.21. The van der Waals surface area contributed by atoms with Gasteiger partial charge in [-0.05, 0) is 22.0 Å². The fourth-order valence-electron chi connectivity index (χ4n) is 1.13. The van der Waals surface area contributed by atoms with Gasteiger partial charge in [-0.25, -0.2) is 4.39 Å². The maximum atomic E-state index is 13.2. The van der Waals surface area contributed by atoms with Gasteiger partial charge in [0.25, 0.3) is 0 Å². The molecule has 0 fully saturated rings. The monoisotopic (exact) mass is 364 g/mol. The molecule has 19 heavy (non-hydrogen) atoms. The minimum atomic E-state index is -4.91. The molecule has 0 saturated carbocycles. The fourth-order valence-corrected chi connectivity index (χ4v) is 1.81. The molecule has 0 amide bonds. The van der Waals surface area contributed by atoms with E-state index in [-0.39, 0.29) is 9.50 Å². The molecule has 1 N–H and O–H groups in total. The number of hydrogen-bond donors (Lipinski definition) is 1. The average molecular weight is 366 g/mol. The van der Waals surface area contributed by atoms with Crippen LogP contribution in [0.3, 0.4) is 0 Å². The second-order valence-corrected chi connectivity index (χ2v) is 4.70. The lowest BCUT2D eigenvalue weighted by molar-refractivity contribution is -0.200. The first-order valence-corrected chi connectivity index (χ1v) is 5.88. The van der Waals surface area contributed by atoms with Crippen LogP contribution >= 0.6 is 27.5 Å². The molecule has 3 nitrogen and oxygen atoms in total. The highest BCUT2D eigenvalue weighted by atomic mass is 79.9. The Morgan fingerprint density at radius 1 is 1.47 bits per heavy atom. The minimum Gasteiger partial charge on any atom is -0.481 e. The number of carboxylic acid groups (broad SMARTS) is 1. The van der Waals surface area contributed by atoms with Gasteiger partial charge in [0.2, 0.25) is 6.10 Å². The van der Waals surface area contributed by atoms with E-state index in [0.29, 0.717) is 6.07 Å². The highest BCUT2D eigenvalue weighted by Crippen LogP contribution is 2.34. The Kier molecular flexibility index (Phi) is 5.03. The normalized spacial score (nSPS) is 13.2. The highest BCUT2D eigenvalue weighted by molar-refractivity contribution is 9.10. The van der Waals surface area contributed by atoms with Crippen molar-refractivity contribution in [3.8, 4) is 5.75 Å². The van der Waals surface area contributed by atoms with E-state index in [9.17, 15) is 22.4 Å². The summed E-state index contributed by atoms with van der Waals surface area (Å²) in [6.45, 7) is 0. The Hall–Kier alpha value is -1.02. The van der Waals surface area contributed by atoms with Gasteiger partial charge >= 0.3 is 12.1 Å². The fraction of sp³-hybridized carbons (Fsp3) is 0.300. The molecule has 0 aliphatic rings. The first kappa shape index (κ1) is 16.0. The van der Waals surface area contributed by atoms with Crippen molar-refractivity contribution in [2.75, 3.05) is 0 Å². The van der Waals surface area contributed by atoms with Crippen LogP contribution < -0.4 is 4.74 Å². The summed E-state index contributed by atoms with van der Waals surface area (Å²) < 4.78 is 55.2. The van der Waals surface area contributed by atoms with Crippen molar-refractivity contribution in [3.05, 3.63) is 27.4 Å². The third-order valence-corrected chi connectivity index (χ3v) is 2.87. The molecule has 0 bridgehead atoms. The molecule has 0 spiro atoms. The second kappa shape index (κ2) is 5.96. The largest absolute Gasteiger partial charge is 0.481 e. The summed E-state index contributed by atoms with van der Waals surface area (Å²) in [6, 6.07) is 1.66. The zero-order valence-electron chi connectivity index (χ0n) is 8.97. The van der Waals surface area contributed by atoms with E-state index < -0.39 is 36.2 Å². The van der Waals surface area contributed by atoms with Crippen LogP contribution in [-0.2, 0) is 4.79 Å². The molecule has 0 saturated heterocycles. The molecule has 1 aromatic rings. The zero-order valence-corrected chi connectivity index (χ0v) is 11.3. The van der Waals surface area contributed by atoms with Gasteiger partial charge in [0.05, 0.1) is 15.9 Å². The highest BCUT2D eigenvalue weighted by Gasteiger charge is 2.43. The lowest BCUT2D eigenvalue weighted by Crippen LogP contribution is -2.36. The number of hydrogen-bond acceptors (Lipinski definition) is 2. The van der Waals surface area contributed by atoms with Gasteiger partial charge in [-0.2, -0.15) is 13.2 Å². The zero-order chi connectivity index (χ0) is 14.8. The van der Waals surface area contributed by atoms with E-state index in [1.54, 1.807) is 0 Å². The molecule has 106 valence electrons. The van der Waals surface area contributed by atoms with Gasteiger partial charge in [0, 0.05) is 6.07 Å². The summed E-state index contributed by atoms with van der Waals surface area (Å²) in [5.74, 6) is -3.15. The van der Waals surface area contributed by atoms with Crippen LogP contribution in [0.4, 0.5) is 17.6 Å². The molecule has 1 rings (SSSR count). The van der Waals surface area contributed by atoms with Gasteiger partial charge in [0.1, 0.15) is 11.6 Å². The molecular formula is C10H6BrClF4O3. The third kappa shape index (κ3) is 4.54. The Morgan fingerprint density at radius 2 is 2.05 bits per heavy atom. The van der Waals surface area contributed by atoms with Gasteiger partial charge in [-0.15, -0.1) is 0 Å². The molecule has 0 radical (unpaired) electrons. The molecule has 1 unspecified atom stereocenters. The first-order chi connectivity index (χ1) is 8.61. The average Bonchev–Trinajstić information content (AvgIpc) is 2.22. The Balaban J connectivity index is 3.03. The molecule has 1 atom stereocenters. The van der Waals surface area contributed by atoms with Crippen molar-refractivity contribution in [1.29, 1.82) is 0 Å². The predicted molar refractivity (Wildman–Crippen MR) is 61.8 cm³/mol. The number of alkyl halides is 3. The van der Waals surface area contributed by atoms with E-state index in [1.807, 2.05) is 0 Å².